The number of hydrogen-bond acceptors (Lipinski definition) is 3. The van der Waals surface area contributed by atoms with Gasteiger partial charge >= 0.3 is 0 Å². The van der Waals surface area contributed by atoms with Crippen molar-refractivity contribution in [2.45, 2.75) is 9.79 Å². The molecule has 2 aromatic carbocycles. The first-order chi connectivity index (χ1) is 9.49. The Balaban J connectivity index is 2.39. The molecule has 0 aliphatic heterocycles. The highest BCUT2D eigenvalue weighted by molar-refractivity contribution is 7.99. The summed E-state index contributed by atoms with van der Waals surface area (Å²) in [5.41, 5.74) is 6.90. The Kier molecular flexibility index (Phi) is 4.29. The van der Waals surface area contributed by atoms with Crippen LogP contribution >= 0.6 is 11.8 Å². The van der Waals surface area contributed by atoms with E-state index in [9.17, 15) is 9.18 Å². The Morgan fingerprint density at radius 1 is 1.15 bits per heavy atom. The van der Waals surface area contributed by atoms with Crippen molar-refractivity contribution in [3.63, 3.8) is 0 Å². The van der Waals surface area contributed by atoms with Gasteiger partial charge in [0, 0.05) is 29.6 Å². The summed E-state index contributed by atoms with van der Waals surface area (Å²) < 4.78 is 13.3. The van der Waals surface area contributed by atoms with Gasteiger partial charge in [0.1, 0.15) is 5.82 Å². The molecule has 0 spiro atoms. The van der Waals surface area contributed by atoms with Crippen molar-refractivity contribution < 1.29 is 9.18 Å². The highest BCUT2D eigenvalue weighted by Crippen LogP contribution is 2.34. The van der Waals surface area contributed by atoms with E-state index in [2.05, 4.69) is 0 Å². The van der Waals surface area contributed by atoms with Gasteiger partial charge in [0.05, 0.1) is 5.56 Å². The smallest absolute Gasteiger partial charge is 0.254 e. The second-order valence-electron chi connectivity index (χ2n) is 4.48. The second-order valence-corrected chi connectivity index (χ2v) is 5.56. The topological polar surface area (TPSA) is 46.3 Å². The number of benzene rings is 2. The zero-order valence-electron chi connectivity index (χ0n) is 11.3. The molecular weight excluding hydrogens is 275 g/mol. The number of nitrogen functional groups attached to an aromatic ring is 1. The molecule has 0 aliphatic carbocycles. The predicted octanol–water partition coefficient (Wildman–Crippen LogP) is 3.26. The maximum Gasteiger partial charge on any atom is 0.254 e. The molecule has 5 heteroatoms. The van der Waals surface area contributed by atoms with E-state index >= 15 is 0 Å². The lowest BCUT2D eigenvalue weighted by molar-refractivity contribution is 0.0824. The van der Waals surface area contributed by atoms with Gasteiger partial charge < -0.3 is 10.6 Å². The fourth-order valence-corrected chi connectivity index (χ4v) is 2.69. The monoisotopic (exact) mass is 290 g/mol. The Bertz CT molecular complexity index is 644. The lowest BCUT2D eigenvalue weighted by atomic mass is 10.2. The zero-order valence-corrected chi connectivity index (χ0v) is 12.1. The summed E-state index contributed by atoms with van der Waals surface area (Å²) in [7, 11) is 3.39. The number of hydrogen-bond donors (Lipinski definition) is 1. The highest BCUT2D eigenvalue weighted by atomic mass is 32.2. The van der Waals surface area contributed by atoms with Crippen molar-refractivity contribution in [2.75, 3.05) is 19.8 Å². The summed E-state index contributed by atoms with van der Waals surface area (Å²) in [5.74, 6) is -0.443. The van der Waals surface area contributed by atoms with Gasteiger partial charge in [0.25, 0.3) is 5.91 Å². The maximum absolute atomic E-state index is 13.3. The number of carbonyl (C=O) groups is 1. The third kappa shape index (κ3) is 3.11. The van der Waals surface area contributed by atoms with Crippen LogP contribution in [0.5, 0.6) is 0 Å². The van der Waals surface area contributed by atoms with Gasteiger partial charge in [-0.3, -0.25) is 4.79 Å². The highest BCUT2D eigenvalue weighted by Gasteiger charge is 2.14. The molecule has 2 rings (SSSR count). The molecule has 0 aliphatic rings. The molecule has 3 nitrogen and oxygen atoms in total. The van der Waals surface area contributed by atoms with Crippen molar-refractivity contribution in [2.24, 2.45) is 0 Å². The standard InChI is InChI=1S/C15H15FN2OS/c1-18(2)15(19)11-5-3-4-6-13(11)20-14-9-10(16)7-8-12(14)17/h3-9H,17H2,1-2H3. The third-order valence-corrected chi connectivity index (χ3v) is 3.87. The van der Waals surface area contributed by atoms with Crippen LogP contribution in [-0.2, 0) is 0 Å². The average Bonchev–Trinajstić information content (AvgIpc) is 2.42. The zero-order chi connectivity index (χ0) is 14.7. The van der Waals surface area contributed by atoms with E-state index in [0.29, 0.717) is 16.1 Å². The fraction of sp³-hybridized carbons (Fsp3) is 0.133. The Labute approximate surface area is 121 Å². The fourth-order valence-electron chi connectivity index (χ4n) is 1.69. The molecule has 2 N–H and O–H groups in total. The Morgan fingerprint density at radius 3 is 2.55 bits per heavy atom. The molecule has 0 bridgehead atoms. The number of nitrogens with two attached hydrogens (primary N) is 1. The minimum absolute atomic E-state index is 0.0944. The van der Waals surface area contributed by atoms with Crippen molar-refractivity contribution in [3.05, 3.63) is 53.8 Å². The van der Waals surface area contributed by atoms with Crippen LogP contribution in [0.15, 0.2) is 52.3 Å². The number of nitrogens with zero attached hydrogens (tertiary/aromatic N) is 1. The molecule has 0 saturated carbocycles. The van der Waals surface area contributed by atoms with Gasteiger partial charge in [0.2, 0.25) is 0 Å². The van der Waals surface area contributed by atoms with Crippen molar-refractivity contribution in [1.29, 1.82) is 0 Å². The summed E-state index contributed by atoms with van der Waals surface area (Å²) in [6.07, 6.45) is 0. The quantitative estimate of drug-likeness (QED) is 0.883. The Hall–Kier alpha value is -2.01. The van der Waals surface area contributed by atoms with E-state index in [0.717, 1.165) is 4.90 Å². The predicted molar refractivity (Wildman–Crippen MR) is 79.4 cm³/mol. The van der Waals surface area contributed by atoms with Crippen LogP contribution in [-0.4, -0.2) is 24.9 Å². The van der Waals surface area contributed by atoms with E-state index in [1.54, 1.807) is 26.2 Å². The normalized spacial score (nSPS) is 10.3. The summed E-state index contributed by atoms with van der Waals surface area (Å²) in [4.78, 5) is 15.0. The van der Waals surface area contributed by atoms with Gasteiger partial charge in [-0.2, -0.15) is 0 Å². The number of carbonyl (C=O) groups excluding carboxylic acids is 1. The molecule has 1 amide bonds. The molecular formula is C15H15FN2OS. The largest absolute Gasteiger partial charge is 0.398 e. The average molecular weight is 290 g/mol. The summed E-state index contributed by atoms with van der Waals surface area (Å²) in [6, 6.07) is 11.4. The molecule has 0 fully saturated rings. The van der Waals surface area contributed by atoms with Gasteiger partial charge in [-0.05, 0) is 30.3 Å². The van der Waals surface area contributed by atoms with E-state index in [1.807, 2.05) is 12.1 Å². The second kappa shape index (κ2) is 5.96. The minimum Gasteiger partial charge on any atom is -0.398 e. The molecule has 0 atom stereocenters. The van der Waals surface area contributed by atoms with Gasteiger partial charge in [-0.25, -0.2) is 4.39 Å². The molecule has 104 valence electrons. The molecule has 0 aromatic heterocycles. The number of halogens is 1. The van der Waals surface area contributed by atoms with Crippen molar-refractivity contribution >= 4 is 23.4 Å². The van der Waals surface area contributed by atoms with Crippen LogP contribution in [0.2, 0.25) is 0 Å². The van der Waals surface area contributed by atoms with E-state index < -0.39 is 0 Å². The van der Waals surface area contributed by atoms with Crippen molar-refractivity contribution in [3.8, 4) is 0 Å². The lowest BCUT2D eigenvalue weighted by Crippen LogP contribution is -2.22. The van der Waals surface area contributed by atoms with Crippen molar-refractivity contribution in [1.82, 2.24) is 4.90 Å². The molecule has 20 heavy (non-hydrogen) atoms. The van der Waals surface area contributed by atoms with Crippen LogP contribution in [0.25, 0.3) is 0 Å². The van der Waals surface area contributed by atoms with Crippen LogP contribution in [0.4, 0.5) is 10.1 Å². The first-order valence-electron chi connectivity index (χ1n) is 6.02. The first-order valence-corrected chi connectivity index (χ1v) is 6.84. The Morgan fingerprint density at radius 2 is 1.85 bits per heavy atom. The lowest BCUT2D eigenvalue weighted by Gasteiger charge is -2.14. The molecule has 0 unspecified atom stereocenters. The molecule has 0 heterocycles. The van der Waals surface area contributed by atoms with E-state index in [1.165, 1.54) is 34.9 Å². The summed E-state index contributed by atoms with van der Waals surface area (Å²) in [6.45, 7) is 0. The molecule has 0 saturated heterocycles. The first kappa shape index (κ1) is 14.4. The summed E-state index contributed by atoms with van der Waals surface area (Å²) in [5, 5.41) is 0. The number of rotatable bonds is 3. The van der Waals surface area contributed by atoms with Crippen LogP contribution < -0.4 is 5.73 Å². The van der Waals surface area contributed by atoms with Gasteiger partial charge in [-0.1, -0.05) is 23.9 Å². The summed E-state index contributed by atoms with van der Waals surface area (Å²) >= 11 is 1.29. The SMILES string of the molecule is CN(C)C(=O)c1ccccc1Sc1cc(F)ccc1N. The molecule has 2 aromatic rings. The maximum atomic E-state index is 13.3. The number of amides is 1. The van der Waals surface area contributed by atoms with Crippen LogP contribution in [0, 0.1) is 5.82 Å². The van der Waals surface area contributed by atoms with E-state index in [-0.39, 0.29) is 11.7 Å². The molecule has 0 radical (unpaired) electrons. The van der Waals surface area contributed by atoms with Gasteiger partial charge in [0.15, 0.2) is 0 Å². The van der Waals surface area contributed by atoms with Crippen LogP contribution in [0.1, 0.15) is 10.4 Å². The van der Waals surface area contributed by atoms with Gasteiger partial charge in [-0.15, -0.1) is 0 Å². The third-order valence-electron chi connectivity index (χ3n) is 2.72. The number of anilines is 1. The minimum atomic E-state index is -0.349. The van der Waals surface area contributed by atoms with Crippen LogP contribution in [0.3, 0.4) is 0 Å². The van der Waals surface area contributed by atoms with E-state index in [4.69, 9.17) is 5.73 Å².